The Labute approximate surface area is 173 Å². The Morgan fingerprint density at radius 3 is 2.85 bits per heavy atom. The number of amidine groups is 1. The summed E-state index contributed by atoms with van der Waals surface area (Å²) < 4.78 is 6.49. The van der Waals surface area contributed by atoms with Crippen molar-refractivity contribution < 1.29 is 9.53 Å². The van der Waals surface area contributed by atoms with Crippen LogP contribution in [0.1, 0.15) is 30.0 Å². The lowest BCUT2D eigenvalue weighted by atomic mass is 9.97. The topological polar surface area (TPSA) is 41.9 Å². The Hall–Kier alpha value is -1.85. The van der Waals surface area contributed by atoms with Gasteiger partial charge in [0.1, 0.15) is 11.6 Å². The SMILES string of the molecule is COc1ccc(Br)cc1CCc1c(Cl)cccc1C1=NCCCN1C(C)=O. The molecule has 1 amide bonds. The van der Waals surface area contributed by atoms with Crippen LogP contribution in [-0.4, -0.2) is 36.8 Å². The summed E-state index contributed by atoms with van der Waals surface area (Å²) >= 11 is 10.1. The molecule has 2 aromatic rings. The summed E-state index contributed by atoms with van der Waals surface area (Å²) in [5, 5.41) is 0.693. The summed E-state index contributed by atoms with van der Waals surface area (Å²) in [6, 6.07) is 11.8. The predicted molar refractivity (Wildman–Crippen MR) is 113 cm³/mol. The van der Waals surface area contributed by atoms with Gasteiger partial charge >= 0.3 is 0 Å². The van der Waals surface area contributed by atoms with Crippen LogP contribution in [0.3, 0.4) is 0 Å². The van der Waals surface area contributed by atoms with E-state index in [4.69, 9.17) is 16.3 Å². The van der Waals surface area contributed by atoms with Crippen molar-refractivity contribution in [3.8, 4) is 5.75 Å². The summed E-state index contributed by atoms with van der Waals surface area (Å²) in [7, 11) is 1.68. The highest BCUT2D eigenvalue weighted by Crippen LogP contribution is 2.28. The molecule has 0 unspecified atom stereocenters. The second kappa shape index (κ2) is 8.89. The Balaban J connectivity index is 1.94. The number of carbonyl (C=O) groups excluding carboxylic acids is 1. The van der Waals surface area contributed by atoms with Crippen LogP contribution in [0.4, 0.5) is 0 Å². The van der Waals surface area contributed by atoms with Gasteiger partial charge in [-0.15, -0.1) is 0 Å². The van der Waals surface area contributed by atoms with Crippen LogP contribution in [0, 0.1) is 0 Å². The molecule has 4 nitrogen and oxygen atoms in total. The van der Waals surface area contributed by atoms with Crippen molar-refractivity contribution in [3.63, 3.8) is 0 Å². The second-order valence-corrected chi connectivity index (χ2v) is 7.77. The van der Waals surface area contributed by atoms with Crippen LogP contribution < -0.4 is 4.74 Å². The Bertz CT molecular complexity index is 882. The molecule has 142 valence electrons. The fourth-order valence-electron chi connectivity index (χ4n) is 3.37. The van der Waals surface area contributed by atoms with E-state index in [2.05, 4.69) is 27.0 Å². The molecule has 1 heterocycles. The molecule has 0 bridgehead atoms. The Morgan fingerprint density at radius 2 is 2.11 bits per heavy atom. The number of ether oxygens (including phenoxy) is 1. The van der Waals surface area contributed by atoms with Gasteiger partial charge in [-0.05, 0) is 54.7 Å². The van der Waals surface area contributed by atoms with E-state index >= 15 is 0 Å². The highest BCUT2D eigenvalue weighted by atomic mass is 79.9. The first-order valence-electron chi connectivity index (χ1n) is 8.94. The molecule has 2 aromatic carbocycles. The number of carbonyl (C=O) groups is 1. The summed E-state index contributed by atoms with van der Waals surface area (Å²) in [6.45, 7) is 3.00. The number of aliphatic imine (C=N–C) groups is 1. The highest BCUT2D eigenvalue weighted by molar-refractivity contribution is 9.10. The molecule has 0 aliphatic carbocycles. The van der Waals surface area contributed by atoms with E-state index in [0.717, 1.165) is 58.6 Å². The number of benzene rings is 2. The number of aryl methyl sites for hydroxylation is 1. The molecule has 27 heavy (non-hydrogen) atoms. The zero-order valence-corrected chi connectivity index (χ0v) is 17.8. The summed E-state index contributed by atoms with van der Waals surface area (Å²) in [4.78, 5) is 18.5. The van der Waals surface area contributed by atoms with Crippen LogP contribution in [0.25, 0.3) is 0 Å². The molecule has 0 fully saturated rings. The maximum absolute atomic E-state index is 12.1. The third-order valence-electron chi connectivity index (χ3n) is 4.68. The second-order valence-electron chi connectivity index (χ2n) is 6.45. The van der Waals surface area contributed by atoms with Crippen molar-refractivity contribution in [2.75, 3.05) is 20.2 Å². The largest absolute Gasteiger partial charge is 0.496 e. The fourth-order valence-corrected chi connectivity index (χ4v) is 4.04. The molecular formula is C21H22BrClN2O2. The summed E-state index contributed by atoms with van der Waals surface area (Å²) in [5.41, 5.74) is 3.05. The third-order valence-corrected chi connectivity index (χ3v) is 5.53. The van der Waals surface area contributed by atoms with Crippen LogP contribution in [-0.2, 0) is 17.6 Å². The van der Waals surface area contributed by atoms with Gasteiger partial charge in [-0.3, -0.25) is 14.7 Å². The maximum Gasteiger partial charge on any atom is 0.225 e. The molecule has 0 radical (unpaired) electrons. The van der Waals surface area contributed by atoms with Crippen molar-refractivity contribution in [3.05, 3.63) is 62.6 Å². The van der Waals surface area contributed by atoms with Crippen LogP contribution in [0.2, 0.25) is 5.02 Å². The van der Waals surface area contributed by atoms with Gasteiger partial charge in [0.25, 0.3) is 0 Å². The van der Waals surface area contributed by atoms with E-state index in [-0.39, 0.29) is 5.91 Å². The van der Waals surface area contributed by atoms with Crippen LogP contribution in [0.15, 0.2) is 45.9 Å². The van der Waals surface area contributed by atoms with Crippen molar-refractivity contribution in [2.24, 2.45) is 4.99 Å². The number of methoxy groups -OCH3 is 1. The minimum Gasteiger partial charge on any atom is -0.496 e. The van der Waals surface area contributed by atoms with Crippen molar-refractivity contribution in [1.82, 2.24) is 4.90 Å². The molecule has 1 aliphatic rings. The number of amides is 1. The van der Waals surface area contributed by atoms with Gasteiger partial charge in [0.05, 0.1) is 7.11 Å². The third kappa shape index (κ3) is 4.53. The standard InChI is InChI=1S/C21H22BrClN2O2/c1-14(26)25-12-4-11-24-21(25)18-5-3-6-19(23)17(18)9-7-15-13-16(22)8-10-20(15)27-2/h3,5-6,8,10,13H,4,7,9,11-12H2,1-2H3. The molecule has 0 N–H and O–H groups in total. The Kier molecular flexibility index (Phi) is 6.55. The van der Waals surface area contributed by atoms with Gasteiger partial charge in [0, 0.05) is 35.1 Å². The smallest absolute Gasteiger partial charge is 0.225 e. The van der Waals surface area contributed by atoms with Crippen LogP contribution >= 0.6 is 27.5 Å². The lowest BCUT2D eigenvalue weighted by molar-refractivity contribution is -0.125. The van der Waals surface area contributed by atoms with Crippen LogP contribution in [0.5, 0.6) is 5.75 Å². The highest BCUT2D eigenvalue weighted by Gasteiger charge is 2.23. The lowest BCUT2D eigenvalue weighted by Gasteiger charge is -2.28. The van der Waals surface area contributed by atoms with E-state index in [0.29, 0.717) is 11.6 Å². The summed E-state index contributed by atoms with van der Waals surface area (Å²) in [6.07, 6.45) is 2.38. The number of rotatable bonds is 5. The van der Waals surface area contributed by atoms with E-state index in [1.54, 1.807) is 18.9 Å². The molecule has 0 atom stereocenters. The normalized spacial score (nSPS) is 14.1. The number of nitrogens with zero attached hydrogens (tertiary/aromatic N) is 2. The van der Waals surface area contributed by atoms with Crippen molar-refractivity contribution in [1.29, 1.82) is 0 Å². The van der Waals surface area contributed by atoms with Gasteiger partial charge in [-0.2, -0.15) is 0 Å². The minimum absolute atomic E-state index is 0.00744. The first kappa shape index (κ1) is 19.9. The molecular weight excluding hydrogens is 428 g/mol. The van der Waals surface area contributed by atoms with Gasteiger partial charge in [0.15, 0.2) is 0 Å². The number of halogens is 2. The summed E-state index contributed by atoms with van der Waals surface area (Å²) in [5.74, 6) is 1.59. The van der Waals surface area contributed by atoms with E-state index < -0.39 is 0 Å². The molecule has 0 saturated heterocycles. The minimum atomic E-state index is 0.00744. The van der Waals surface area contributed by atoms with E-state index in [9.17, 15) is 4.79 Å². The van der Waals surface area contributed by atoms with Gasteiger partial charge < -0.3 is 4.74 Å². The molecule has 0 saturated carbocycles. The van der Waals surface area contributed by atoms with Gasteiger partial charge in [0.2, 0.25) is 5.91 Å². The maximum atomic E-state index is 12.1. The zero-order valence-electron chi connectivity index (χ0n) is 15.5. The van der Waals surface area contributed by atoms with Gasteiger partial charge in [-0.25, -0.2) is 0 Å². The average Bonchev–Trinajstić information content (AvgIpc) is 2.67. The molecule has 6 heteroatoms. The average molecular weight is 450 g/mol. The molecule has 0 spiro atoms. The van der Waals surface area contributed by atoms with E-state index in [1.165, 1.54) is 0 Å². The monoisotopic (exact) mass is 448 g/mol. The quantitative estimate of drug-likeness (QED) is 0.652. The zero-order chi connectivity index (χ0) is 19.4. The predicted octanol–water partition coefficient (Wildman–Crippen LogP) is 4.90. The molecule has 3 rings (SSSR count). The molecule has 0 aromatic heterocycles. The number of hydrogen-bond donors (Lipinski definition) is 0. The lowest BCUT2D eigenvalue weighted by Crippen LogP contribution is -2.40. The van der Waals surface area contributed by atoms with Gasteiger partial charge in [-0.1, -0.05) is 39.7 Å². The Morgan fingerprint density at radius 1 is 1.30 bits per heavy atom. The van der Waals surface area contributed by atoms with E-state index in [1.807, 2.05) is 30.3 Å². The number of hydrogen-bond acceptors (Lipinski definition) is 3. The first-order valence-corrected chi connectivity index (χ1v) is 10.1. The van der Waals surface area contributed by atoms with Crippen molar-refractivity contribution >= 4 is 39.3 Å². The fraction of sp³-hybridized carbons (Fsp3) is 0.333. The van der Waals surface area contributed by atoms with Crippen molar-refractivity contribution in [2.45, 2.75) is 26.2 Å². The molecule has 1 aliphatic heterocycles. The first-order chi connectivity index (χ1) is 13.0.